The second-order valence-corrected chi connectivity index (χ2v) is 9.50. The zero-order valence-corrected chi connectivity index (χ0v) is 17.6. The van der Waals surface area contributed by atoms with Gasteiger partial charge in [0.15, 0.2) is 0 Å². The summed E-state index contributed by atoms with van der Waals surface area (Å²) in [6.07, 6.45) is 5.53. The molecule has 2 N–H and O–H groups in total. The molecule has 30 heavy (non-hydrogen) atoms. The minimum Gasteiger partial charge on any atom is -0.376 e. The Labute approximate surface area is 176 Å². The van der Waals surface area contributed by atoms with Crippen molar-refractivity contribution in [3.05, 3.63) is 30.1 Å². The van der Waals surface area contributed by atoms with Crippen molar-refractivity contribution in [3.8, 4) is 0 Å². The lowest BCUT2D eigenvalue weighted by Crippen LogP contribution is -2.48. The van der Waals surface area contributed by atoms with Crippen molar-refractivity contribution < 1.29 is 27.1 Å². The average molecular weight is 442 g/mol. The predicted octanol–water partition coefficient (Wildman–Crippen LogP) is 1.17. The number of amides is 2. The minimum atomic E-state index is -3.98. The molecule has 166 valence electrons. The number of benzene rings is 1. The summed E-state index contributed by atoms with van der Waals surface area (Å²) in [5, 5.41) is 2.94. The SMILES string of the molecule is O=C(CN(C[C@H]1CCCO1)C(=O)CNS(=O)(=O)c1ccc(F)cc1)NC1CCCC1. The van der Waals surface area contributed by atoms with Gasteiger partial charge >= 0.3 is 0 Å². The van der Waals surface area contributed by atoms with Crippen LogP contribution in [0.5, 0.6) is 0 Å². The van der Waals surface area contributed by atoms with Crippen LogP contribution in [-0.4, -0.2) is 63.5 Å². The molecule has 1 aromatic rings. The van der Waals surface area contributed by atoms with E-state index < -0.39 is 28.3 Å². The molecule has 10 heteroatoms. The first-order chi connectivity index (χ1) is 14.3. The lowest BCUT2D eigenvalue weighted by Gasteiger charge is -2.26. The van der Waals surface area contributed by atoms with Gasteiger partial charge in [-0.15, -0.1) is 0 Å². The van der Waals surface area contributed by atoms with Gasteiger partial charge < -0.3 is 15.0 Å². The summed E-state index contributed by atoms with van der Waals surface area (Å²) in [7, 11) is -3.98. The number of nitrogens with zero attached hydrogens (tertiary/aromatic N) is 1. The van der Waals surface area contributed by atoms with Crippen molar-refractivity contribution in [2.24, 2.45) is 0 Å². The van der Waals surface area contributed by atoms with E-state index in [1.165, 1.54) is 4.90 Å². The summed E-state index contributed by atoms with van der Waals surface area (Å²) in [4.78, 5) is 26.4. The average Bonchev–Trinajstić information content (AvgIpc) is 3.40. The maximum atomic E-state index is 13.0. The molecule has 1 heterocycles. The highest BCUT2D eigenvalue weighted by Crippen LogP contribution is 2.18. The van der Waals surface area contributed by atoms with Gasteiger partial charge in [-0.25, -0.2) is 17.5 Å². The molecule has 1 atom stereocenters. The van der Waals surface area contributed by atoms with Gasteiger partial charge in [-0.1, -0.05) is 12.8 Å². The molecular formula is C20H28FN3O5S. The van der Waals surface area contributed by atoms with Crippen molar-refractivity contribution in [1.82, 2.24) is 14.9 Å². The van der Waals surface area contributed by atoms with Gasteiger partial charge in [-0.2, -0.15) is 0 Å². The molecule has 0 spiro atoms. The molecule has 0 aromatic heterocycles. The van der Waals surface area contributed by atoms with E-state index in [2.05, 4.69) is 10.0 Å². The molecule has 0 bridgehead atoms. The van der Waals surface area contributed by atoms with Crippen LogP contribution in [0.4, 0.5) is 4.39 Å². The summed E-state index contributed by atoms with van der Waals surface area (Å²) in [5.41, 5.74) is 0. The fourth-order valence-electron chi connectivity index (χ4n) is 3.77. The second-order valence-electron chi connectivity index (χ2n) is 7.74. The Balaban J connectivity index is 1.60. The monoisotopic (exact) mass is 441 g/mol. The summed E-state index contributed by atoms with van der Waals surface area (Å²) >= 11 is 0. The van der Waals surface area contributed by atoms with Crippen LogP contribution < -0.4 is 10.0 Å². The standard InChI is InChI=1S/C20H28FN3O5S/c21-15-7-9-18(10-8-15)30(27,28)22-12-20(26)24(13-17-6-3-11-29-17)14-19(25)23-16-4-1-2-5-16/h7-10,16-17,22H,1-6,11-14H2,(H,23,25)/t17-/m1/s1. The van der Waals surface area contributed by atoms with Crippen molar-refractivity contribution >= 4 is 21.8 Å². The smallest absolute Gasteiger partial charge is 0.241 e. The van der Waals surface area contributed by atoms with E-state index in [9.17, 15) is 22.4 Å². The third kappa shape index (κ3) is 6.48. The van der Waals surface area contributed by atoms with Crippen molar-refractivity contribution in [3.63, 3.8) is 0 Å². The van der Waals surface area contributed by atoms with Crippen LogP contribution in [0.2, 0.25) is 0 Å². The topological polar surface area (TPSA) is 105 Å². The van der Waals surface area contributed by atoms with E-state index in [-0.39, 0.29) is 36.0 Å². The third-order valence-corrected chi connectivity index (χ3v) is 6.81. The zero-order chi connectivity index (χ0) is 21.6. The maximum absolute atomic E-state index is 13.0. The Hall–Kier alpha value is -2.04. The van der Waals surface area contributed by atoms with Crippen LogP contribution in [0.1, 0.15) is 38.5 Å². The van der Waals surface area contributed by atoms with Crippen LogP contribution in [-0.2, 0) is 24.3 Å². The Kier molecular flexibility index (Phi) is 7.79. The molecule has 2 fully saturated rings. The Morgan fingerprint density at radius 1 is 1.10 bits per heavy atom. The Morgan fingerprint density at radius 3 is 2.43 bits per heavy atom. The molecule has 1 aliphatic carbocycles. The van der Waals surface area contributed by atoms with E-state index in [4.69, 9.17) is 4.74 Å². The number of sulfonamides is 1. The molecule has 0 unspecified atom stereocenters. The van der Waals surface area contributed by atoms with Crippen molar-refractivity contribution in [1.29, 1.82) is 0 Å². The first-order valence-corrected chi connectivity index (χ1v) is 11.8. The van der Waals surface area contributed by atoms with Gasteiger partial charge in [0, 0.05) is 19.2 Å². The molecule has 0 radical (unpaired) electrons. The van der Waals surface area contributed by atoms with E-state index >= 15 is 0 Å². The van der Waals surface area contributed by atoms with Gasteiger partial charge in [0.25, 0.3) is 0 Å². The van der Waals surface area contributed by atoms with Crippen molar-refractivity contribution in [2.75, 3.05) is 26.2 Å². The van der Waals surface area contributed by atoms with Gasteiger partial charge in [-0.3, -0.25) is 9.59 Å². The number of hydrogen-bond acceptors (Lipinski definition) is 5. The first-order valence-electron chi connectivity index (χ1n) is 10.3. The number of carbonyl (C=O) groups is 2. The number of hydrogen-bond donors (Lipinski definition) is 2. The van der Waals surface area contributed by atoms with E-state index in [1.54, 1.807) is 0 Å². The molecule has 2 aliphatic rings. The summed E-state index contributed by atoms with van der Waals surface area (Å²) in [5.74, 6) is -1.33. The normalized spacial score (nSPS) is 19.7. The fourth-order valence-corrected chi connectivity index (χ4v) is 4.75. The quantitative estimate of drug-likeness (QED) is 0.599. The number of nitrogens with one attached hydrogen (secondary N) is 2. The Bertz CT molecular complexity index is 835. The molecule has 1 aliphatic heterocycles. The minimum absolute atomic E-state index is 0.133. The van der Waals surface area contributed by atoms with E-state index in [1.807, 2.05) is 0 Å². The van der Waals surface area contributed by atoms with E-state index in [0.717, 1.165) is 62.8 Å². The summed E-state index contributed by atoms with van der Waals surface area (Å²) < 4.78 is 45.6. The second kappa shape index (κ2) is 10.3. The molecule has 8 nitrogen and oxygen atoms in total. The number of rotatable bonds is 9. The molecule has 2 amide bonds. The highest BCUT2D eigenvalue weighted by atomic mass is 32.2. The molecule has 1 aromatic carbocycles. The van der Waals surface area contributed by atoms with Gasteiger partial charge in [-0.05, 0) is 49.9 Å². The van der Waals surface area contributed by atoms with Crippen molar-refractivity contribution in [2.45, 2.75) is 55.6 Å². The molecule has 1 saturated heterocycles. The van der Waals surface area contributed by atoms with Gasteiger partial charge in [0.1, 0.15) is 5.82 Å². The van der Waals surface area contributed by atoms with Crippen LogP contribution in [0, 0.1) is 5.82 Å². The van der Waals surface area contributed by atoms with Gasteiger partial charge in [0.05, 0.1) is 24.1 Å². The zero-order valence-electron chi connectivity index (χ0n) is 16.8. The maximum Gasteiger partial charge on any atom is 0.241 e. The summed E-state index contributed by atoms with van der Waals surface area (Å²) in [6, 6.07) is 4.46. The largest absolute Gasteiger partial charge is 0.376 e. The Morgan fingerprint density at radius 2 is 1.80 bits per heavy atom. The predicted molar refractivity (Wildman–Crippen MR) is 108 cm³/mol. The lowest BCUT2D eigenvalue weighted by molar-refractivity contribution is -0.136. The van der Waals surface area contributed by atoms with Gasteiger partial charge in [0.2, 0.25) is 21.8 Å². The lowest BCUT2D eigenvalue weighted by atomic mass is 10.2. The number of carbonyl (C=O) groups excluding carboxylic acids is 2. The highest BCUT2D eigenvalue weighted by Gasteiger charge is 2.27. The highest BCUT2D eigenvalue weighted by molar-refractivity contribution is 7.89. The number of halogens is 1. The third-order valence-electron chi connectivity index (χ3n) is 5.39. The van der Waals surface area contributed by atoms with E-state index in [0.29, 0.717) is 6.61 Å². The molecular weight excluding hydrogens is 413 g/mol. The van der Waals surface area contributed by atoms with Crippen LogP contribution in [0.3, 0.4) is 0 Å². The summed E-state index contributed by atoms with van der Waals surface area (Å²) in [6.45, 7) is 0.198. The molecule has 3 rings (SSSR count). The molecule has 1 saturated carbocycles. The van der Waals surface area contributed by atoms with Crippen LogP contribution in [0.25, 0.3) is 0 Å². The first kappa shape index (κ1) is 22.6. The number of ether oxygens (including phenoxy) is 1. The van der Waals surface area contributed by atoms with Crippen LogP contribution >= 0.6 is 0 Å². The van der Waals surface area contributed by atoms with Crippen LogP contribution in [0.15, 0.2) is 29.2 Å². The fraction of sp³-hybridized carbons (Fsp3) is 0.600.